The van der Waals surface area contributed by atoms with Gasteiger partial charge in [-0.05, 0) is 0 Å². The molecule has 0 aromatic carbocycles. The molecule has 0 amide bonds. The molecule has 0 saturated carbocycles. The fourth-order valence-electron chi connectivity index (χ4n) is 0.185. The zero-order chi connectivity index (χ0) is 7.28. The maximum Gasteiger partial charge on any atom is 0.595 e. The van der Waals surface area contributed by atoms with Gasteiger partial charge in [-0.3, -0.25) is 8.63 Å². The summed E-state index contributed by atoms with van der Waals surface area (Å²) in [6, 6.07) is 0. The van der Waals surface area contributed by atoms with Crippen molar-refractivity contribution >= 4 is 19.1 Å². The van der Waals surface area contributed by atoms with Crippen LogP contribution in [-0.4, -0.2) is 29.5 Å². The molecule has 0 bridgehead atoms. The Labute approximate surface area is 49.6 Å². The minimum atomic E-state index is -2.93. The number of nitrogens with zero attached hydrogens (tertiary/aromatic N) is 2. The van der Waals surface area contributed by atoms with Gasteiger partial charge in [0, 0.05) is 0 Å². The summed E-state index contributed by atoms with van der Waals surface area (Å²) >= 11 is 0. The third kappa shape index (κ3) is 2.63. The number of halogens is 2. The molecule has 4 nitrogen and oxygen atoms in total. The summed E-state index contributed by atoms with van der Waals surface area (Å²) in [6.45, 7) is 0. The van der Waals surface area contributed by atoms with E-state index in [0.717, 1.165) is 0 Å². The first-order valence-corrected chi connectivity index (χ1v) is 1.90. The Kier molecular flexibility index (Phi) is 3.34. The van der Waals surface area contributed by atoms with Gasteiger partial charge >= 0.3 is 7.27 Å². The summed E-state index contributed by atoms with van der Waals surface area (Å²) in [4.78, 5) is 0. The highest BCUT2D eigenvalue weighted by atomic mass is 19.2. The maximum absolute atomic E-state index is 11.4. The molecule has 0 aromatic rings. The smallest absolute Gasteiger partial charge is 0.411 e. The lowest BCUT2D eigenvalue weighted by atomic mass is 9.91. The second-order valence-electron chi connectivity index (χ2n) is 1.07. The second-order valence-corrected chi connectivity index (χ2v) is 1.07. The van der Waals surface area contributed by atoms with Crippen molar-refractivity contribution in [1.29, 1.82) is 0 Å². The zero-order valence-corrected chi connectivity index (χ0v) is 4.20. The van der Waals surface area contributed by atoms with Gasteiger partial charge in [-0.1, -0.05) is 10.3 Å². The molecule has 0 heterocycles. The van der Waals surface area contributed by atoms with Crippen molar-refractivity contribution in [2.45, 2.75) is 0 Å². The van der Waals surface area contributed by atoms with Crippen molar-refractivity contribution in [3.05, 3.63) is 0 Å². The molecule has 50 valence electrons. The molecule has 0 unspecified atom stereocenters. The molecular weight excluding hydrogens is 133 g/mol. The van der Waals surface area contributed by atoms with Gasteiger partial charge in [0.2, 0.25) is 0 Å². The van der Waals surface area contributed by atoms with E-state index in [4.69, 9.17) is 10.4 Å². The minimum Gasteiger partial charge on any atom is -0.411 e. The highest BCUT2D eigenvalue weighted by molar-refractivity contribution is 6.91. The van der Waals surface area contributed by atoms with Crippen molar-refractivity contribution in [2.75, 3.05) is 0 Å². The van der Waals surface area contributed by atoms with Crippen LogP contribution in [0.25, 0.3) is 0 Å². The summed E-state index contributed by atoms with van der Waals surface area (Å²) in [5, 5.41) is 19.8. The van der Waals surface area contributed by atoms with Gasteiger partial charge in [0.05, 0.1) is 6.21 Å². The molecular formula is C2H3BF2N2O2. The minimum absolute atomic E-state index is 0.352. The topological polar surface area (TPSA) is 65.2 Å². The molecule has 0 saturated heterocycles. The summed E-state index contributed by atoms with van der Waals surface area (Å²) < 4.78 is 22.8. The molecule has 0 rings (SSSR count). The first kappa shape index (κ1) is 7.86. The number of hydrogen-bond acceptors (Lipinski definition) is 4. The summed E-state index contributed by atoms with van der Waals surface area (Å²) in [5.74, 6) is 0. The van der Waals surface area contributed by atoms with Crippen LogP contribution in [0.4, 0.5) is 8.63 Å². The number of oxime groups is 2. The molecule has 0 fully saturated rings. The fraction of sp³-hybridized carbons (Fsp3) is 0. The summed E-state index contributed by atoms with van der Waals surface area (Å²) in [6.07, 6.45) is 0.352. The van der Waals surface area contributed by atoms with E-state index in [1.165, 1.54) is 0 Å². The fourth-order valence-corrected chi connectivity index (χ4v) is 0.185. The van der Waals surface area contributed by atoms with Crippen molar-refractivity contribution in [3.8, 4) is 0 Å². The Hall–Kier alpha value is -1.14. The van der Waals surface area contributed by atoms with E-state index in [1.54, 1.807) is 0 Å². The highest BCUT2D eigenvalue weighted by Crippen LogP contribution is 1.87. The SMILES string of the molecule is O/N=C\C(=N/O)B(F)F. The van der Waals surface area contributed by atoms with Gasteiger partial charge in [-0.25, -0.2) is 0 Å². The third-order valence-corrected chi connectivity index (χ3v) is 0.529. The van der Waals surface area contributed by atoms with Crippen LogP contribution in [-0.2, 0) is 0 Å². The first-order valence-electron chi connectivity index (χ1n) is 1.90. The van der Waals surface area contributed by atoms with Crippen LogP contribution in [0.5, 0.6) is 0 Å². The molecule has 0 atom stereocenters. The van der Waals surface area contributed by atoms with Crippen LogP contribution < -0.4 is 0 Å². The predicted molar refractivity (Wildman–Crippen MR) is 27.5 cm³/mol. The van der Waals surface area contributed by atoms with Crippen LogP contribution in [0.15, 0.2) is 10.3 Å². The van der Waals surface area contributed by atoms with Crippen LogP contribution in [0.2, 0.25) is 0 Å². The Bertz CT molecular complexity index is 137. The second kappa shape index (κ2) is 3.82. The first-order chi connectivity index (χ1) is 4.22. The standard InChI is InChI=1S/C2H3BF2N2O2/c4-3(5)2(7-9)1-6-8/h1,8-9H/b6-1-,7-2+. The molecule has 0 aromatic heterocycles. The quantitative estimate of drug-likeness (QED) is 0.247. The molecule has 9 heavy (non-hydrogen) atoms. The normalized spacial score (nSPS) is 12.4. The van der Waals surface area contributed by atoms with Crippen molar-refractivity contribution in [2.24, 2.45) is 10.3 Å². The van der Waals surface area contributed by atoms with Crippen molar-refractivity contribution in [1.82, 2.24) is 0 Å². The summed E-state index contributed by atoms with van der Waals surface area (Å²) in [7, 11) is -2.93. The molecule has 7 heteroatoms. The lowest BCUT2D eigenvalue weighted by molar-refractivity contribution is 0.316. The van der Waals surface area contributed by atoms with Crippen molar-refractivity contribution in [3.63, 3.8) is 0 Å². The van der Waals surface area contributed by atoms with Gasteiger partial charge in [0.25, 0.3) is 0 Å². The number of hydrogen-bond donors (Lipinski definition) is 2. The molecule has 0 aliphatic carbocycles. The van der Waals surface area contributed by atoms with Crippen LogP contribution in [0, 0.1) is 0 Å². The zero-order valence-electron chi connectivity index (χ0n) is 4.20. The van der Waals surface area contributed by atoms with Gasteiger partial charge in [-0.15, -0.1) is 0 Å². The van der Waals surface area contributed by atoms with E-state index in [0.29, 0.717) is 6.21 Å². The number of rotatable bonds is 2. The molecule has 0 radical (unpaired) electrons. The molecule has 2 N–H and O–H groups in total. The van der Waals surface area contributed by atoms with E-state index < -0.39 is 12.9 Å². The largest absolute Gasteiger partial charge is 0.595 e. The lowest BCUT2D eigenvalue weighted by Gasteiger charge is -1.85. The highest BCUT2D eigenvalue weighted by Gasteiger charge is 2.20. The molecule has 0 spiro atoms. The predicted octanol–water partition coefficient (Wildman–Crippen LogP) is 0.243. The molecule has 0 aliphatic heterocycles. The molecule has 0 aliphatic rings. The van der Waals surface area contributed by atoms with Crippen LogP contribution in [0.1, 0.15) is 0 Å². The third-order valence-electron chi connectivity index (χ3n) is 0.529. The monoisotopic (exact) mass is 136 g/mol. The average Bonchev–Trinajstić information content (AvgIpc) is 1.82. The van der Waals surface area contributed by atoms with Gasteiger partial charge in [0.15, 0.2) is 0 Å². The van der Waals surface area contributed by atoms with E-state index in [9.17, 15) is 8.63 Å². The van der Waals surface area contributed by atoms with Gasteiger partial charge in [-0.2, -0.15) is 0 Å². The van der Waals surface area contributed by atoms with Crippen molar-refractivity contribution < 1.29 is 19.0 Å². The van der Waals surface area contributed by atoms with E-state index in [1.807, 2.05) is 0 Å². The van der Waals surface area contributed by atoms with E-state index >= 15 is 0 Å². The maximum atomic E-state index is 11.4. The van der Waals surface area contributed by atoms with E-state index in [2.05, 4.69) is 10.3 Å². The van der Waals surface area contributed by atoms with E-state index in [-0.39, 0.29) is 0 Å². The lowest BCUT2D eigenvalue weighted by Crippen LogP contribution is -2.16. The van der Waals surface area contributed by atoms with Gasteiger partial charge in [0.1, 0.15) is 5.61 Å². The van der Waals surface area contributed by atoms with Gasteiger partial charge < -0.3 is 10.4 Å². The summed E-state index contributed by atoms with van der Waals surface area (Å²) in [5.41, 5.74) is -0.975. The average molecular weight is 136 g/mol. The Morgan fingerprint density at radius 3 is 2.11 bits per heavy atom. The van der Waals surface area contributed by atoms with Crippen LogP contribution >= 0.6 is 0 Å². The Morgan fingerprint density at radius 1 is 1.44 bits per heavy atom. The Morgan fingerprint density at radius 2 is 2.00 bits per heavy atom. The Balaban J connectivity index is 4.01. The van der Waals surface area contributed by atoms with Crippen LogP contribution in [0.3, 0.4) is 0 Å².